The van der Waals surface area contributed by atoms with Gasteiger partial charge in [0.2, 0.25) is 0 Å². The van der Waals surface area contributed by atoms with Crippen molar-refractivity contribution in [1.82, 2.24) is 0 Å². The molecule has 0 bridgehead atoms. The van der Waals surface area contributed by atoms with Crippen LogP contribution in [0.15, 0.2) is 84.9 Å². The molecule has 0 nitrogen and oxygen atoms in total. The maximum absolute atomic E-state index is 2.18. The molecule has 3 rings (SSSR count). The summed E-state index contributed by atoms with van der Waals surface area (Å²) in [5.74, 6) is 0. The molecule has 0 saturated heterocycles. The molecule has 0 aliphatic carbocycles. The molecule has 3 aromatic rings. The lowest BCUT2D eigenvalue weighted by atomic mass is 10.0. The van der Waals surface area contributed by atoms with Crippen LogP contribution in [0, 0.1) is 13.8 Å². The minimum atomic E-state index is 1.13. The number of hydrogen-bond acceptors (Lipinski definition) is 0. The third-order valence-corrected chi connectivity index (χ3v) is 3.81. The first-order valence-corrected chi connectivity index (χ1v) is 7.86. The molecule has 0 unspecified atom stereocenters. The van der Waals surface area contributed by atoms with Gasteiger partial charge >= 0.3 is 0 Å². The van der Waals surface area contributed by atoms with E-state index in [2.05, 4.69) is 98.8 Å². The van der Waals surface area contributed by atoms with Gasteiger partial charge in [0.05, 0.1) is 0 Å². The quantitative estimate of drug-likeness (QED) is 0.573. The Morgan fingerprint density at radius 1 is 0.455 bits per heavy atom. The Morgan fingerprint density at radius 3 is 1.09 bits per heavy atom. The van der Waals surface area contributed by atoms with E-state index in [0.29, 0.717) is 0 Å². The molecule has 0 fully saturated rings. The van der Waals surface area contributed by atoms with Gasteiger partial charge in [0.25, 0.3) is 0 Å². The molecule has 0 N–H and O–H groups in total. The van der Waals surface area contributed by atoms with Crippen LogP contribution in [0.4, 0.5) is 0 Å². The Hall–Kier alpha value is -2.34. The highest BCUT2D eigenvalue weighted by Gasteiger charge is 1.93. The average Bonchev–Trinajstić information content (AvgIpc) is 2.58. The summed E-state index contributed by atoms with van der Waals surface area (Å²) in [6, 6.07) is 29.6. The molecule has 0 aromatic heterocycles. The van der Waals surface area contributed by atoms with Crippen LogP contribution in [-0.4, -0.2) is 0 Å². The minimum Gasteiger partial charge on any atom is -0.0622 e. The van der Waals surface area contributed by atoms with Crippen molar-refractivity contribution in [3.05, 3.63) is 107 Å². The van der Waals surface area contributed by atoms with E-state index in [1.807, 2.05) is 0 Å². The van der Waals surface area contributed by atoms with Crippen LogP contribution in [0.1, 0.15) is 22.3 Å². The fourth-order valence-electron chi connectivity index (χ4n) is 2.24. The maximum Gasteiger partial charge on any atom is -0.0238 e. The molecule has 0 atom stereocenters. The Balaban J connectivity index is 0.000000188. The standard InChI is InChI=1S/C14H14.C8H10/c1-3-7-13(8-4-1)11-12-14-9-5-2-6-10-14;1-7-5-3-4-6-8(7)2/h1-10H,11-12H2;3-6H,1-2H3. The molecular formula is C22H24. The van der Waals surface area contributed by atoms with E-state index in [1.54, 1.807) is 0 Å². The second kappa shape index (κ2) is 8.84. The largest absolute Gasteiger partial charge is 0.0622 e. The SMILES string of the molecule is Cc1ccccc1C.c1ccc(CCc2ccccc2)cc1. The van der Waals surface area contributed by atoms with Gasteiger partial charge in [-0.2, -0.15) is 0 Å². The van der Waals surface area contributed by atoms with E-state index in [1.165, 1.54) is 22.3 Å². The third kappa shape index (κ3) is 5.57. The Bertz CT molecular complexity index is 593. The summed E-state index contributed by atoms with van der Waals surface area (Å²) in [6.45, 7) is 4.24. The second-order valence-electron chi connectivity index (χ2n) is 5.56. The van der Waals surface area contributed by atoms with Gasteiger partial charge in [0.1, 0.15) is 0 Å². The van der Waals surface area contributed by atoms with Crippen LogP contribution in [0.5, 0.6) is 0 Å². The number of rotatable bonds is 3. The lowest BCUT2D eigenvalue weighted by molar-refractivity contribution is 0.960. The smallest absolute Gasteiger partial charge is 0.0238 e. The molecule has 0 saturated carbocycles. The summed E-state index contributed by atoms with van der Waals surface area (Å²) in [4.78, 5) is 0. The van der Waals surface area contributed by atoms with E-state index >= 15 is 0 Å². The lowest BCUT2D eigenvalue weighted by Crippen LogP contribution is -1.89. The molecule has 0 aliphatic rings. The highest BCUT2D eigenvalue weighted by Crippen LogP contribution is 2.06. The zero-order valence-electron chi connectivity index (χ0n) is 13.5. The topological polar surface area (TPSA) is 0 Å². The van der Waals surface area contributed by atoms with Crippen molar-refractivity contribution in [3.63, 3.8) is 0 Å². The van der Waals surface area contributed by atoms with Crippen molar-refractivity contribution in [2.24, 2.45) is 0 Å². The Labute approximate surface area is 134 Å². The van der Waals surface area contributed by atoms with Crippen molar-refractivity contribution in [1.29, 1.82) is 0 Å². The van der Waals surface area contributed by atoms with Crippen molar-refractivity contribution < 1.29 is 0 Å². The van der Waals surface area contributed by atoms with E-state index in [-0.39, 0.29) is 0 Å². The highest BCUT2D eigenvalue weighted by atomic mass is 14.0. The first-order chi connectivity index (χ1) is 10.8. The van der Waals surface area contributed by atoms with Crippen LogP contribution < -0.4 is 0 Å². The number of benzene rings is 3. The van der Waals surface area contributed by atoms with E-state index in [4.69, 9.17) is 0 Å². The zero-order valence-corrected chi connectivity index (χ0v) is 13.5. The van der Waals surface area contributed by atoms with Crippen molar-refractivity contribution in [2.45, 2.75) is 26.7 Å². The highest BCUT2D eigenvalue weighted by molar-refractivity contribution is 5.23. The molecule has 112 valence electrons. The fraction of sp³-hybridized carbons (Fsp3) is 0.182. The number of aryl methyl sites for hydroxylation is 4. The Kier molecular flexibility index (Phi) is 6.44. The van der Waals surface area contributed by atoms with Gasteiger partial charge in [-0.05, 0) is 48.9 Å². The van der Waals surface area contributed by atoms with Gasteiger partial charge in [0, 0.05) is 0 Å². The summed E-state index contributed by atoms with van der Waals surface area (Å²) >= 11 is 0. The molecule has 3 aromatic carbocycles. The summed E-state index contributed by atoms with van der Waals surface area (Å²) in [5.41, 5.74) is 5.56. The van der Waals surface area contributed by atoms with E-state index in [9.17, 15) is 0 Å². The molecule has 0 aliphatic heterocycles. The van der Waals surface area contributed by atoms with E-state index in [0.717, 1.165) is 12.8 Å². The lowest BCUT2D eigenvalue weighted by Gasteiger charge is -2.01. The summed E-state index contributed by atoms with van der Waals surface area (Å²) in [7, 11) is 0. The maximum atomic E-state index is 2.18. The zero-order chi connectivity index (χ0) is 15.6. The molecule has 0 heterocycles. The van der Waals surface area contributed by atoms with Gasteiger partial charge in [-0.1, -0.05) is 84.9 Å². The predicted molar refractivity (Wildman–Crippen MR) is 96.2 cm³/mol. The van der Waals surface area contributed by atoms with Gasteiger partial charge in [-0.3, -0.25) is 0 Å². The normalized spacial score (nSPS) is 9.73. The van der Waals surface area contributed by atoms with Gasteiger partial charge < -0.3 is 0 Å². The summed E-state index contributed by atoms with van der Waals surface area (Å²) < 4.78 is 0. The van der Waals surface area contributed by atoms with Crippen LogP contribution in [0.25, 0.3) is 0 Å². The van der Waals surface area contributed by atoms with Gasteiger partial charge in [0.15, 0.2) is 0 Å². The van der Waals surface area contributed by atoms with Crippen LogP contribution >= 0.6 is 0 Å². The molecule has 0 spiro atoms. The first-order valence-electron chi connectivity index (χ1n) is 7.86. The molecular weight excluding hydrogens is 264 g/mol. The minimum absolute atomic E-state index is 1.13. The van der Waals surface area contributed by atoms with E-state index < -0.39 is 0 Å². The average molecular weight is 288 g/mol. The molecule has 22 heavy (non-hydrogen) atoms. The number of hydrogen-bond donors (Lipinski definition) is 0. The van der Waals surface area contributed by atoms with Gasteiger partial charge in [-0.25, -0.2) is 0 Å². The first kappa shape index (κ1) is 16.0. The fourth-order valence-corrected chi connectivity index (χ4v) is 2.24. The third-order valence-electron chi connectivity index (χ3n) is 3.81. The van der Waals surface area contributed by atoms with Crippen LogP contribution in [0.3, 0.4) is 0 Å². The second-order valence-corrected chi connectivity index (χ2v) is 5.56. The molecule has 0 radical (unpaired) electrons. The van der Waals surface area contributed by atoms with Gasteiger partial charge in [-0.15, -0.1) is 0 Å². The van der Waals surface area contributed by atoms with Crippen molar-refractivity contribution in [2.75, 3.05) is 0 Å². The van der Waals surface area contributed by atoms with Crippen molar-refractivity contribution >= 4 is 0 Å². The van der Waals surface area contributed by atoms with Crippen LogP contribution in [-0.2, 0) is 12.8 Å². The molecule has 0 amide bonds. The van der Waals surface area contributed by atoms with Crippen LogP contribution in [0.2, 0.25) is 0 Å². The van der Waals surface area contributed by atoms with Crippen molar-refractivity contribution in [3.8, 4) is 0 Å². The summed E-state index contributed by atoms with van der Waals surface area (Å²) in [6.07, 6.45) is 2.26. The predicted octanol–water partition coefficient (Wildman–Crippen LogP) is 5.78. The molecule has 0 heteroatoms. The summed E-state index contributed by atoms with van der Waals surface area (Å²) in [5, 5.41) is 0. The Morgan fingerprint density at radius 2 is 0.773 bits per heavy atom. The monoisotopic (exact) mass is 288 g/mol.